The quantitative estimate of drug-likeness (QED) is 0.0966. The van der Waals surface area contributed by atoms with Gasteiger partial charge in [0.05, 0.1) is 0 Å². The van der Waals surface area contributed by atoms with Crippen LogP contribution in [0.4, 0.5) is 0 Å². The minimum absolute atomic E-state index is 0.393. The van der Waals surface area contributed by atoms with E-state index in [9.17, 15) is 0 Å². The van der Waals surface area contributed by atoms with Crippen LogP contribution in [0.25, 0.3) is 22.4 Å². The van der Waals surface area contributed by atoms with Gasteiger partial charge in [0, 0.05) is 16.0 Å². The molecule has 4 heteroatoms. The molecule has 3 nitrogen and oxygen atoms in total. The first-order valence-corrected chi connectivity index (χ1v) is 16.1. The van der Waals surface area contributed by atoms with Gasteiger partial charge in [-0.3, -0.25) is 0 Å². The standard InChI is InChI=1S/C42H37N3S/c1-3-5-6-7-14-30-21-23-33(24-22-30)40-43-41(45-42(44-40)38-19-12-17-32-15-8-10-18-37(32)38)34-27-25-31(26-28-34)35(13-4-2)29-36-16-9-11-20-39(36)46/h3-13,15-29,41,46H,14H2,1-2H3,(H,43,44,45)/b5-3-,7-6-,13-4-,35-29-. The Morgan fingerprint density at radius 1 is 0.739 bits per heavy atom. The monoisotopic (exact) mass is 615 g/mol. The van der Waals surface area contributed by atoms with E-state index in [1.54, 1.807) is 0 Å². The maximum atomic E-state index is 5.18. The average molecular weight is 616 g/mol. The Morgan fingerprint density at radius 2 is 1.48 bits per heavy atom. The molecule has 0 bridgehead atoms. The number of nitrogens with one attached hydrogen (secondary N) is 1. The summed E-state index contributed by atoms with van der Waals surface area (Å²) in [5, 5.41) is 5.92. The maximum Gasteiger partial charge on any atom is 0.169 e. The molecular weight excluding hydrogens is 579 g/mol. The third kappa shape index (κ3) is 7.20. The summed E-state index contributed by atoms with van der Waals surface area (Å²) < 4.78 is 0. The number of allylic oxidation sites excluding steroid dienone is 7. The fraction of sp³-hybridized carbons (Fsp3) is 0.0952. The normalized spacial score (nSPS) is 15.5. The summed E-state index contributed by atoms with van der Waals surface area (Å²) in [6.07, 6.45) is 15.2. The lowest BCUT2D eigenvalue weighted by Crippen LogP contribution is -2.36. The van der Waals surface area contributed by atoms with E-state index < -0.39 is 6.17 Å². The summed E-state index contributed by atoms with van der Waals surface area (Å²) in [4.78, 5) is 11.3. The van der Waals surface area contributed by atoms with Crippen LogP contribution in [0.5, 0.6) is 0 Å². The average Bonchev–Trinajstić information content (AvgIpc) is 3.11. The van der Waals surface area contributed by atoms with Crippen molar-refractivity contribution in [2.24, 2.45) is 9.98 Å². The SMILES string of the molecule is C/C=C\C=C/Cc1ccc(C2=NC(c3ccc(C(/C=C\C)=C\c4ccccc4S)cc3)N=C(c3cccc4ccccc34)N2)cc1. The summed E-state index contributed by atoms with van der Waals surface area (Å²) in [5.74, 6) is 1.62. The summed E-state index contributed by atoms with van der Waals surface area (Å²) in [5.41, 5.74) is 7.68. The molecule has 46 heavy (non-hydrogen) atoms. The number of nitrogens with zero attached hydrogens (tertiary/aromatic N) is 2. The van der Waals surface area contributed by atoms with Crippen molar-refractivity contribution < 1.29 is 0 Å². The van der Waals surface area contributed by atoms with Crippen LogP contribution in [-0.2, 0) is 6.42 Å². The first-order valence-electron chi connectivity index (χ1n) is 15.6. The van der Waals surface area contributed by atoms with Crippen LogP contribution in [0.1, 0.15) is 53.4 Å². The van der Waals surface area contributed by atoms with Gasteiger partial charge in [0.1, 0.15) is 11.7 Å². The predicted octanol–water partition coefficient (Wildman–Crippen LogP) is 10.4. The topological polar surface area (TPSA) is 36.8 Å². The van der Waals surface area contributed by atoms with Gasteiger partial charge in [-0.15, -0.1) is 12.6 Å². The summed E-state index contributed by atoms with van der Waals surface area (Å²) in [6.45, 7) is 4.06. The van der Waals surface area contributed by atoms with Crippen molar-refractivity contribution in [3.63, 3.8) is 0 Å². The predicted molar refractivity (Wildman–Crippen MR) is 200 cm³/mol. The molecule has 1 aliphatic heterocycles. The van der Waals surface area contributed by atoms with Gasteiger partial charge >= 0.3 is 0 Å². The van der Waals surface area contributed by atoms with Crippen LogP contribution in [0.15, 0.2) is 167 Å². The molecule has 1 heterocycles. The number of thiol groups is 1. The molecule has 6 rings (SSSR count). The number of hydrogen-bond donors (Lipinski definition) is 2. The fourth-order valence-corrected chi connectivity index (χ4v) is 5.76. The van der Waals surface area contributed by atoms with E-state index in [2.05, 4.69) is 151 Å². The van der Waals surface area contributed by atoms with E-state index in [0.29, 0.717) is 0 Å². The van der Waals surface area contributed by atoms with Gasteiger partial charge in [-0.25, -0.2) is 9.98 Å². The highest BCUT2D eigenvalue weighted by Gasteiger charge is 2.22. The lowest BCUT2D eigenvalue weighted by Gasteiger charge is -2.23. The second kappa shape index (κ2) is 14.7. The Bertz CT molecular complexity index is 2000. The van der Waals surface area contributed by atoms with Crippen LogP contribution in [-0.4, -0.2) is 11.7 Å². The Kier molecular flexibility index (Phi) is 9.87. The number of rotatable bonds is 9. The number of benzene rings is 5. The lowest BCUT2D eigenvalue weighted by molar-refractivity contribution is 0.756. The molecule has 1 aliphatic rings. The minimum Gasteiger partial charge on any atom is -0.324 e. The smallest absolute Gasteiger partial charge is 0.169 e. The van der Waals surface area contributed by atoms with Gasteiger partial charge in [-0.2, -0.15) is 0 Å². The first kappa shape index (κ1) is 30.8. The highest BCUT2D eigenvalue weighted by molar-refractivity contribution is 7.80. The molecule has 226 valence electrons. The molecule has 1 N–H and O–H groups in total. The van der Waals surface area contributed by atoms with Crippen molar-refractivity contribution in [2.45, 2.75) is 31.3 Å². The Labute approximate surface area is 277 Å². The van der Waals surface area contributed by atoms with Crippen LogP contribution < -0.4 is 5.32 Å². The molecule has 0 amide bonds. The molecule has 0 spiro atoms. The second-order valence-electron chi connectivity index (χ2n) is 11.1. The zero-order chi connectivity index (χ0) is 31.7. The number of hydrogen-bond acceptors (Lipinski definition) is 4. The van der Waals surface area contributed by atoms with Crippen molar-refractivity contribution in [1.29, 1.82) is 0 Å². The molecule has 0 aliphatic carbocycles. The summed E-state index contributed by atoms with van der Waals surface area (Å²) in [7, 11) is 0. The summed E-state index contributed by atoms with van der Waals surface area (Å²) >= 11 is 4.66. The van der Waals surface area contributed by atoms with E-state index in [1.807, 2.05) is 38.1 Å². The minimum atomic E-state index is -0.393. The van der Waals surface area contributed by atoms with Gasteiger partial charge in [0.15, 0.2) is 6.17 Å². The second-order valence-corrected chi connectivity index (χ2v) is 11.6. The molecule has 0 fully saturated rings. The number of fused-ring (bicyclic) bond motifs is 1. The van der Waals surface area contributed by atoms with E-state index >= 15 is 0 Å². The third-order valence-corrected chi connectivity index (χ3v) is 8.35. The van der Waals surface area contributed by atoms with Gasteiger partial charge < -0.3 is 5.32 Å². The Balaban J connectivity index is 1.37. The molecule has 0 aromatic heterocycles. The van der Waals surface area contributed by atoms with Crippen molar-refractivity contribution >= 4 is 46.7 Å². The van der Waals surface area contributed by atoms with E-state index in [1.165, 1.54) is 10.9 Å². The van der Waals surface area contributed by atoms with Crippen molar-refractivity contribution in [3.8, 4) is 0 Å². The maximum absolute atomic E-state index is 5.18. The van der Waals surface area contributed by atoms with Gasteiger partial charge in [0.25, 0.3) is 0 Å². The van der Waals surface area contributed by atoms with Crippen LogP contribution >= 0.6 is 12.6 Å². The molecule has 5 aromatic rings. The van der Waals surface area contributed by atoms with Crippen LogP contribution in [0.3, 0.4) is 0 Å². The van der Waals surface area contributed by atoms with Crippen molar-refractivity contribution in [2.75, 3.05) is 0 Å². The highest BCUT2D eigenvalue weighted by atomic mass is 32.1. The zero-order valence-corrected chi connectivity index (χ0v) is 27.0. The largest absolute Gasteiger partial charge is 0.324 e. The summed E-state index contributed by atoms with van der Waals surface area (Å²) in [6, 6.07) is 40.1. The first-order chi connectivity index (χ1) is 22.6. The van der Waals surface area contributed by atoms with Gasteiger partial charge in [-0.1, -0.05) is 146 Å². The van der Waals surface area contributed by atoms with E-state index in [-0.39, 0.29) is 0 Å². The number of amidine groups is 2. The van der Waals surface area contributed by atoms with Crippen LogP contribution in [0.2, 0.25) is 0 Å². The van der Waals surface area contributed by atoms with Gasteiger partial charge in [0.2, 0.25) is 0 Å². The lowest BCUT2D eigenvalue weighted by atomic mass is 9.99. The highest BCUT2D eigenvalue weighted by Crippen LogP contribution is 2.29. The van der Waals surface area contributed by atoms with E-state index in [0.717, 1.165) is 61.8 Å². The van der Waals surface area contributed by atoms with Crippen molar-refractivity contribution in [3.05, 3.63) is 185 Å². The van der Waals surface area contributed by atoms with Crippen molar-refractivity contribution in [1.82, 2.24) is 5.32 Å². The zero-order valence-electron chi connectivity index (χ0n) is 26.1. The Hall–Kier alpha value is -5.19. The third-order valence-electron chi connectivity index (χ3n) is 7.94. The molecule has 1 atom stereocenters. The molecule has 0 saturated carbocycles. The van der Waals surface area contributed by atoms with Crippen LogP contribution in [0, 0.1) is 0 Å². The molecule has 1 unspecified atom stereocenters. The Morgan fingerprint density at radius 3 is 2.26 bits per heavy atom. The molecule has 5 aromatic carbocycles. The van der Waals surface area contributed by atoms with E-state index in [4.69, 9.17) is 9.98 Å². The number of aliphatic imine (C=N–C) groups is 2. The molecular formula is C42H37N3S. The molecule has 0 saturated heterocycles. The molecule has 0 radical (unpaired) electrons. The fourth-order valence-electron chi connectivity index (χ4n) is 5.54. The van der Waals surface area contributed by atoms with Gasteiger partial charge in [-0.05, 0) is 71.0 Å².